The van der Waals surface area contributed by atoms with Crippen molar-refractivity contribution in [3.8, 4) is 0 Å². The van der Waals surface area contributed by atoms with E-state index in [1.54, 1.807) is 0 Å². The van der Waals surface area contributed by atoms with Gasteiger partial charge >= 0.3 is 0 Å². The Balaban J connectivity index is 1.85. The number of likely N-dealkylation sites (tertiary alicyclic amines) is 1. The smallest absolute Gasteiger partial charge is 0.0283 e. The van der Waals surface area contributed by atoms with E-state index in [0.717, 1.165) is 12.6 Å². The van der Waals surface area contributed by atoms with E-state index in [0.29, 0.717) is 0 Å². The number of nitrogens with two attached hydrogens (primary N) is 1. The van der Waals surface area contributed by atoms with Crippen LogP contribution in [0.3, 0.4) is 0 Å². The van der Waals surface area contributed by atoms with Crippen molar-refractivity contribution in [2.45, 2.75) is 57.0 Å². The molecular weight excluding hydrogens is 160 g/mol. The molecule has 1 aliphatic heterocycles. The summed E-state index contributed by atoms with van der Waals surface area (Å²) in [6.45, 7) is 4.77. The molecule has 0 radical (unpaired) electrons. The van der Waals surface area contributed by atoms with Crippen LogP contribution in [0.4, 0.5) is 0 Å². The maximum atomic E-state index is 6.25. The maximum absolute atomic E-state index is 6.25. The highest BCUT2D eigenvalue weighted by molar-refractivity contribution is 4.96. The van der Waals surface area contributed by atoms with Crippen LogP contribution in [0.1, 0.15) is 45.4 Å². The number of rotatable bonds is 2. The molecule has 2 rings (SSSR count). The van der Waals surface area contributed by atoms with Gasteiger partial charge in [-0.2, -0.15) is 0 Å². The van der Waals surface area contributed by atoms with E-state index in [1.165, 1.54) is 45.1 Å². The van der Waals surface area contributed by atoms with Crippen LogP contribution in [0.2, 0.25) is 0 Å². The average molecular weight is 182 g/mol. The molecule has 2 heteroatoms. The van der Waals surface area contributed by atoms with Crippen molar-refractivity contribution in [1.82, 2.24) is 4.90 Å². The fraction of sp³-hybridized carbons (Fsp3) is 1.00. The van der Waals surface area contributed by atoms with Gasteiger partial charge in [-0.1, -0.05) is 6.42 Å². The van der Waals surface area contributed by atoms with Crippen molar-refractivity contribution in [2.75, 3.05) is 13.1 Å². The predicted molar refractivity (Wildman–Crippen MR) is 55.7 cm³/mol. The number of hydrogen-bond donors (Lipinski definition) is 1. The fourth-order valence-corrected chi connectivity index (χ4v) is 2.59. The van der Waals surface area contributed by atoms with E-state index >= 15 is 0 Å². The van der Waals surface area contributed by atoms with Gasteiger partial charge in [0.25, 0.3) is 0 Å². The molecule has 13 heavy (non-hydrogen) atoms. The summed E-state index contributed by atoms with van der Waals surface area (Å²) in [5, 5.41) is 0. The van der Waals surface area contributed by atoms with E-state index < -0.39 is 0 Å². The number of piperidine rings is 1. The first-order valence-electron chi connectivity index (χ1n) is 5.73. The average Bonchev–Trinajstić information content (AvgIpc) is 2.06. The van der Waals surface area contributed by atoms with Crippen LogP contribution >= 0.6 is 0 Å². The van der Waals surface area contributed by atoms with Crippen LogP contribution in [0.25, 0.3) is 0 Å². The summed E-state index contributed by atoms with van der Waals surface area (Å²) < 4.78 is 0. The van der Waals surface area contributed by atoms with E-state index in [1.807, 2.05) is 0 Å². The zero-order valence-corrected chi connectivity index (χ0v) is 8.76. The van der Waals surface area contributed by atoms with Crippen LogP contribution in [0, 0.1) is 0 Å². The molecule has 2 fully saturated rings. The zero-order valence-electron chi connectivity index (χ0n) is 8.76. The SMILES string of the molecule is CC1CCCCN1CC1(N)CCC1. The second-order valence-electron chi connectivity index (χ2n) is 5.03. The van der Waals surface area contributed by atoms with Crippen molar-refractivity contribution < 1.29 is 0 Å². The van der Waals surface area contributed by atoms with Crippen molar-refractivity contribution >= 4 is 0 Å². The number of hydrogen-bond acceptors (Lipinski definition) is 2. The highest BCUT2D eigenvalue weighted by atomic mass is 15.2. The van der Waals surface area contributed by atoms with E-state index in [9.17, 15) is 0 Å². The van der Waals surface area contributed by atoms with Crippen LogP contribution in [-0.2, 0) is 0 Å². The van der Waals surface area contributed by atoms with Crippen LogP contribution in [0.5, 0.6) is 0 Å². The Morgan fingerprint density at radius 3 is 2.62 bits per heavy atom. The van der Waals surface area contributed by atoms with Gasteiger partial charge < -0.3 is 5.73 Å². The van der Waals surface area contributed by atoms with Gasteiger partial charge in [-0.25, -0.2) is 0 Å². The molecule has 0 amide bonds. The molecule has 2 nitrogen and oxygen atoms in total. The molecule has 2 aliphatic rings. The summed E-state index contributed by atoms with van der Waals surface area (Å²) in [7, 11) is 0. The van der Waals surface area contributed by atoms with Gasteiger partial charge in [-0.15, -0.1) is 0 Å². The lowest BCUT2D eigenvalue weighted by Crippen LogP contribution is -2.57. The maximum Gasteiger partial charge on any atom is 0.0283 e. The predicted octanol–water partition coefficient (Wildman–Crippen LogP) is 1.74. The first-order valence-corrected chi connectivity index (χ1v) is 5.73. The Labute approximate surface area is 81.5 Å². The second kappa shape index (κ2) is 3.58. The highest BCUT2D eigenvalue weighted by Gasteiger charge is 2.35. The van der Waals surface area contributed by atoms with Gasteiger partial charge in [0, 0.05) is 18.1 Å². The van der Waals surface area contributed by atoms with E-state index in [-0.39, 0.29) is 5.54 Å². The summed E-state index contributed by atoms with van der Waals surface area (Å²) >= 11 is 0. The van der Waals surface area contributed by atoms with Crippen LogP contribution in [-0.4, -0.2) is 29.6 Å². The van der Waals surface area contributed by atoms with Gasteiger partial charge in [-0.05, 0) is 45.6 Å². The molecule has 2 N–H and O–H groups in total. The van der Waals surface area contributed by atoms with Crippen molar-refractivity contribution in [1.29, 1.82) is 0 Å². The molecule has 0 bridgehead atoms. The third kappa shape index (κ3) is 2.05. The first-order chi connectivity index (χ1) is 6.20. The molecule has 1 saturated carbocycles. The molecule has 1 atom stereocenters. The molecule has 0 aromatic carbocycles. The van der Waals surface area contributed by atoms with Crippen molar-refractivity contribution in [3.05, 3.63) is 0 Å². The molecule has 76 valence electrons. The Morgan fingerprint density at radius 1 is 1.31 bits per heavy atom. The minimum absolute atomic E-state index is 0.186. The minimum Gasteiger partial charge on any atom is -0.324 e. The van der Waals surface area contributed by atoms with E-state index in [4.69, 9.17) is 5.73 Å². The van der Waals surface area contributed by atoms with Gasteiger partial charge in [0.2, 0.25) is 0 Å². The quantitative estimate of drug-likeness (QED) is 0.705. The Hall–Kier alpha value is -0.0800. The molecule has 1 saturated heterocycles. The van der Waals surface area contributed by atoms with Gasteiger partial charge in [-0.3, -0.25) is 4.90 Å². The lowest BCUT2D eigenvalue weighted by atomic mass is 9.77. The second-order valence-corrected chi connectivity index (χ2v) is 5.03. The molecular formula is C11H22N2. The van der Waals surface area contributed by atoms with Crippen LogP contribution in [0.15, 0.2) is 0 Å². The summed E-state index contributed by atoms with van der Waals surface area (Å²) in [6.07, 6.45) is 8.00. The summed E-state index contributed by atoms with van der Waals surface area (Å²) in [5.41, 5.74) is 6.44. The largest absolute Gasteiger partial charge is 0.324 e. The summed E-state index contributed by atoms with van der Waals surface area (Å²) in [6, 6.07) is 0.773. The van der Waals surface area contributed by atoms with Gasteiger partial charge in [0.1, 0.15) is 0 Å². The van der Waals surface area contributed by atoms with Gasteiger partial charge in [0.15, 0.2) is 0 Å². The Bertz CT molecular complexity index is 175. The Morgan fingerprint density at radius 2 is 2.08 bits per heavy atom. The summed E-state index contributed by atoms with van der Waals surface area (Å²) in [5.74, 6) is 0. The molecule has 1 unspecified atom stereocenters. The number of nitrogens with zero attached hydrogens (tertiary/aromatic N) is 1. The third-order valence-corrected chi connectivity index (χ3v) is 3.81. The lowest BCUT2D eigenvalue weighted by Gasteiger charge is -2.45. The van der Waals surface area contributed by atoms with Crippen LogP contribution < -0.4 is 5.73 Å². The fourth-order valence-electron chi connectivity index (χ4n) is 2.59. The highest BCUT2D eigenvalue weighted by Crippen LogP contribution is 2.31. The normalized spacial score (nSPS) is 34.2. The summed E-state index contributed by atoms with van der Waals surface area (Å²) in [4.78, 5) is 2.60. The standard InChI is InChI=1S/C11H22N2/c1-10-5-2-3-8-13(10)9-11(12)6-4-7-11/h10H,2-9,12H2,1H3. The topological polar surface area (TPSA) is 29.3 Å². The Kier molecular flexibility index (Phi) is 2.61. The monoisotopic (exact) mass is 182 g/mol. The molecule has 0 aromatic rings. The molecule has 1 heterocycles. The first kappa shape index (κ1) is 9.47. The third-order valence-electron chi connectivity index (χ3n) is 3.81. The minimum atomic E-state index is 0.186. The van der Waals surface area contributed by atoms with Crippen molar-refractivity contribution in [2.24, 2.45) is 5.73 Å². The molecule has 0 spiro atoms. The zero-order chi connectivity index (χ0) is 9.31. The van der Waals surface area contributed by atoms with E-state index in [2.05, 4.69) is 11.8 Å². The van der Waals surface area contributed by atoms with Gasteiger partial charge in [0.05, 0.1) is 0 Å². The lowest BCUT2D eigenvalue weighted by molar-refractivity contribution is 0.0903. The molecule has 1 aliphatic carbocycles. The molecule has 0 aromatic heterocycles. The van der Waals surface area contributed by atoms with Crippen molar-refractivity contribution in [3.63, 3.8) is 0 Å².